The van der Waals surface area contributed by atoms with Gasteiger partial charge in [0, 0.05) is 17.5 Å². The monoisotopic (exact) mass is 267 g/mol. The van der Waals surface area contributed by atoms with Crippen LogP contribution in [0, 0.1) is 0 Å². The molecule has 3 rings (SSSR count). The second kappa shape index (κ2) is 5.37. The molecule has 0 N–H and O–H groups in total. The van der Waals surface area contributed by atoms with Crippen LogP contribution in [-0.2, 0) is 0 Å². The van der Waals surface area contributed by atoms with Gasteiger partial charge in [-0.1, -0.05) is 18.2 Å². The molecule has 20 heavy (non-hydrogen) atoms. The highest BCUT2D eigenvalue weighted by atomic mass is 16.5. The summed E-state index contributed by atoms with van der Waals surface area (Å²) in [6.45, 7) is 0. The fourth-order valence-corrected chi connectivity index (χ4v) is 2.45. The lowest BCUT2D eigenvalue weighted by Crippen LogP contribution is -1.96. The smallest absolute Gasteiger partial charge is 0.130 e. The lowest BCUT2D eigenvalue weighted by molar-refractivity contribution is 0.414. The number of nitrogens with zero attached hydrogens (tertiary/aromatic N) is 1. The van der Waals surface area contributed by atoms with E-state index in [0.717, 1.165) is 40.9 Å². The second-order valence-corrected chi connectivity index (χ2v) is 4.75. The fraction of sp³-hybridized carbons (Fsp3) is 0.235. The molecule has 1 heterocycles. The van der Waals surface area contributed by atoms with Crippen LogP contribution in [0.25, 0.3) is 16.5 Å². The van der Waals surface area contributed by atoms with Crippen LogP contribution < -0.4 is 9.47 Å². The van der Waals surface area contributed by atoms with Crippen LogP contribution in [0.5, 0.6) is 11.5 Å². The minimum absolute atomic E-state index is 0.807. The molecule has 1 aliphatic carbocycles. The lowest BCUT2D eigenvalue weighted by atomic mass is 10.0. The number of allylic oxidation sites excluding steroid dienone is 4. The van der Waals surface area contributed by atoms with E-state index in [1.807, 2.05) is 24.3 Å². The van der Waals surface area contributed by atoms with Crippen molar-refractivity contribution < 1.29 is 9.47 Å². The van der Waals surface area contributed by atoms with Gasteiger partial charge in [-0.25, -0.2) is 4.98 Å². The van der Waals surface area contributed by atoms with Crippen molar-refractivity contribution in [2.75, 3.05) is 14.2 Å². The van der Waals surface area contributed by atoms with Crippen LogP contribution in [0.15, 0.2) is 42.5 Å². The van der Waals surface area contributed by atoms with E-state index in [2.05, 4.69) is 18.2 Å². The largest absolute Gasteiger partial charge is 0.497 e. The minimum atomic E-state index is 0.807. The highest BCUT2D eigenvalue weighted by molar-refractivity contribution is 5.88. The third-order valence-corrected chi connectivity index (χ3v) is 3.54. The normalized spacial score (nSPS) is 14.2. The summed E-state index contributed by atoms with van der Waals surface area (Å²) in [6.07, 6.45) is 8.46. The zero-order valence-electron chi connectivity index (χ0n) is 11.7. The van der Waals surface area contributed by atoms with Crippen molar-refractivity contribution in [2.24, 2.45) is 0 Å². The molecule has 3 heteroatoms. The molecule has 0 amide bonds. The molecule has 0 saturated carbocycles. The van der Waals surface area contributed by atoms with Crippen LogP contribution in [0.3, 0.4) is 0 Å². The predicted molar refractivity (Wildman–Crippen MR) is 81.2 cm³/mol. The predicted octanol–water partition coefficient (Wildman–Crippen LogP) is 3.99. The Hall–Kier alpha value is -2.29. The molecule has 0 spiro atoms. The van der Waals surface area contributed by atoms with Crippen molar-refractivity contribution in [3.63, 3.8) is 0 Å². The van der Waals surface area contributed by atoms with Crippen molar-refractivity contribution in [3.8, 4) is 11.5 Å². The minimum Gasteiger partial charge on any atom is -0.497 e. The summed E-state index contributed by atoms with van der Waals surface area (Å²) in [5.41, 5.74) is 3.12. The van der Waals surface area contributed by atoms with E-state index in [4.69, 9.17) is 14.5 Å². The molecule has 0 aliphatic heterocycles. The molecule has 0 bridgehead atoms. The Kier molecular flexibility index (Phi) is 3.42. The van der Waals surface area contributed by atoms with E-state index >= 15 is 0 Å². The highest BCUT2D eigenvalue weighted by Crippen LogP contribution is 2.32. The first-order valence-corrected chi connectivity index (χ1v) is 6.70. The van der Waals surface area contributed by atoms with Gasteiger partial charge in [-0.05, 0) is 30.5 Å². The first-order valence-electron chi connectivity index (χ1n) is 6.70. The third kappa shape index (κ3) is 2.27. The van der Waals surface area contributed by atoms with Gasteiger partial charge < -0.3 is 9.47 Å². The van der Waals surface area contributed by atoms with E-state index < -0.39 is 0 Å². The Bertz CT molecular complexity index is 701. The summed E-state index contributed by atoms with van der Waals surface area (Å²) >= 11 is 0. The topological polar surface area (TPSA) is 31.4 Å². The quantitative estimate of drug-likeness (QED) is 0.842. The van der Waals surface area contributed by atoms with Gasteiger partial charge in [0.1, 0.15) is 11.5 Å². The summed E-state index contributed by atoms with van der Waals surface area (Å²) in [5, 5.41) is 1.00. The van der Waals surface area contributed by atoms with E-state index in [1.54, 1.807) is 14.2 Å². The molecule has 102 valence electrons. The van der Waals surface area contributed by atoms with Gasteiger partial charge in [-0.15, -0.1) is 0 Å². The summed E-state index contributed by atoms with van der Waals surface area (Å²) in [6, 6.07) is 7.87. The number of ether oxygens (including phenoxy) is 2. The van der Waals surface area contributed by atoms with Gasteiger partial charge in [0.2, 0.25) is 0 Å². The number of benzene rings is 1. The van der Waals surface area contributed by atoms with Crippen molar-refractivity contribution >= 4 is 16.5 Å². The number of hydrogen-bond donors (Lipinski definition) is 0. The molecule has 0 atom stereocenters. The van der Waals surface area contributed by atoms with Gasteiger partial charge in [0.05, 0.1) is 25.4 Å². The van der Waals surface area contributed by atoms with Crippen LogP contribution in [0.1, 0.15) is 18.5 Å². The van der Waals surface area contributed by atoms with E-state index in [-0.39, 0.29) is 0 Å². The van der Waals surface area contributed by atoms with E-state index in [1.165, 1.54) is 5.57 Å². The molecule has 0 radical (unpaired) electrons. The van der Waals surface area contributed by atoms with Crippen molar-refractivity contribution in [1.29, 1.82) is 0 Å². The molecule has 3 nitrogen and oxygen atoms in total. The SMILES string of the molecule is COc1ccc2c(OC)cc(C3=CC=CCC3)nc2c1. The van der Waals surface area contributed by atoms with Gasteiger partial charge in [0.15, 0.2) is 0 Å². The average molecular weight is 267 g/mol. The zero-order valence-corrected chi connectivity index (χ0v) is 11.7. The lowest BCUT2D eigenvalue weighted by Gasteiger charge is -2.13. The molecule has 0 unspecified atom stereocenters. The summed E-state index contributed by atoms with van der Waals surface area (Å²) in [7, 11) is 3.36. The van der Waals surface area contributed by atoms with Crippen molar-refractivity contribution in [3.05, 3.63) is 48.2 Å². The van der Waals surface area contributed by atoms with Gasteiger partial charge in [-0.2, -0.15) is 0 Å². The molecule has 2 aromatic rings. The van der Waals surface area contributed by atoms with E-state index in [0.29, 0.717) is 0 Å². The number of aromatic nitrogens is 1. The number of pyridine rings is 1. The maximum absolute atomic E-state index is 5.51. The second-order valence-electron chi connectivity index (χ2n) is 4.75. The van der Waals surface area contributed by atoms with E-state index in [9.17, 15) is 0 Å². The van der Waals surface area contributed by atoms with Crippen molar-refractivity contribution in [2.45, 2.75) is 12.8 Å². The number of rotatable bonds is 3. The molecule has 0 saturated heterocycles. The van der Waals surface area contributed by atoms with Crippen molar-refractivity contribution in [1.82, 2.24) is 4.98 Å². The Labute approximate surface area is 118 Å². The number of methoxy groups -OCH3 is 2. The van der Waals surface area contributed by atoms with Crippen LogP contribution in [-0.4, -0.2) is 19.2 Å². The fourth-order valence-electron chi connectivity index (χ4n) is 2.45. The zero-order chi connectivity index (χ0) is 13.9. The average Bonchev–Trinajstić information content (AvgIpc) is 2.54. The molecular weight excluding hydrogens is 250 g/mol. The van der Waals surface area contributed by atoms with Crippen LogP contribution >= 0.6 is 0 Å². The molecule has 1 aliphatic rings. The standard InChI is InChI=1S/C17H17NO2/c1-19-13-8-9-14-16(10-13)18-15(11-17(14)20-2)12-6-4-3-5-7-12/h3-4,6,8-11H,5,7H2,1-2H3. The summed E-state index contributed by atoms with van der Waals surface area (Å²) in [4.78, 5) is 4.75. The Morgan fingerprint density at radius 2 is 2.00 bits per heavy atom. The maximum Gasteiger partial charge on any atom is 0.130 e. The number of fused-ring (bicyclic) bond motifs is 1. The number of hydrogen-bond acceptors (Lipinski definition) is 3. The Morgan fingerprint density at radius 1 is 1.10 bits per heavy atom. The molecular formula is C17H17NO2. The molecule has 1 aromatic carbocycles. The Balaban J connectivity index is 2.18. The van der Waals surface area contributed by atoms with Gasteiger partial charge in [0.25, 0.3) is 0 Å². The Morgan fingerprint density at radius 3 is 2.70 bits per heavy atom. The third-order valence-electron chi connectivity index (χ3n) is 3.54. The van der Waals surface area contributed by atoms with Gasteiger partial charge >= 0.3 is 0 Å². The first-order chi connectivity index (χ1) is 9.81. The first kappa shape index (κ1) is 12.7. The van der Waals surface area contributed by atoms with Gasteiger partial charge in [-0.3, -0.25) is 0 Å². The summed E-state index contributed by atoms with van der Waals surface area (Å²) in [5.74, 6) is 1.66. The highest BCUT2D eigenvalue weighted by Gasteiger charge is 2.11. The molecule has 1 aromatic heterocycles. The maximum atomic E-state index is 5.51. The summed E-state index contributed by atoms with van der Waals surface area (Å²) < 4.78 is 10.8. The van der Waals surface area contributed by atoms with Crippen LogP contribution in [0.4, 0.5) is 0 Å². The van der Waals surface area contributed by atoms with Crippen LogP contribution in [0.2, 0.25) is 0 Å². The molecule has 0 fully saturated rings.